The molecule has 3 aliphatic heterocycles. The fourth-order valence-corrected chi connectivity index (χ4v) is 6.76. The molecule has 0 aromatic heterocycles. The number of nitrogens with zero attached hydrogens (tertiary/aromatic N) is 3. The summed E-state index contributed by atoms with van der Waals surface area (Å²) in [5, 5.41) is 0. The minimum atomic E-state index is -3.64. The molecule has 3 aliphatic rings. The third-order valence-electron chi connectivity index (χ3n) is 7.27. The minimum absolute atomic E-state index is 0.0777. The van der Waals surface area contributed by atoms with E-state index in [0.717, 1.165) is 44.8 Å². The molecule has 0 unspecified atom stereocenters. The summed E-state index contributed by atoms with van der Waals surface area (Å²) in [7, 11) is -2.09. The van der Waals surface area contributed by atoms with Gasteiger partial charge in [0, 0.05) is 52.2 Å². The van der Waals surface area contributed by atoms with Crippen LogP contribution < -0.4 is 9.47 Å². The second kappa shape index (κ2) is 10.2. The van der Waals surface area contributed by atoms with E-state index in [1.807, 2.05) is 4.90 Å². The number of rotatable bonds is 6. The predicted octanol–water partition coefficient (Wildman–Crippen LogP) is 2.38. The Bertz CT molecular complexity index is 1160. The van der Waals surface area contributed by atoms with Gasteiger partial charge in [0.25, 0.3) is 0 Å². The lowest BCUT2D eigenvalue weighted by molar-refractivity contribution is -0.138. The summed E-state index contributed by atoms with van der Waals surface area (Å²) in [6, 6.07) is 12.8. The first kappa shape index (κ1) is 24.1. The van der Waals surface area contributed by atoms with Gasteiger partial charge in [-0.05, 0) is 54.3 Å². The average molecular weight is 500 g/mol. The Hall–Kier alpha value is -2.62. The second-order valence-corrected chi connectivity index (χ2v) is 11.5. The summed E-state index contributed by atoms with van der Waals surface area (Å²) < 4.78 is 38.5. The Kier molecular flexibility index (Phi) is 7.00. The van der Waals surface area contributed by atoms with E-state index in [-0.39, 0.29) is 23.3 Å². The maximum atomic E-state index is 13.3. The highest BCUT2D eigenvalue weighted by Crippen LogP contribution is 2.28. The fraction of sp³-hybridized carbons (Fsp3) is 0.500. The van der Waals surface area contributed by atoms with Gasteiger partial charge in [-0.25, -0.2) is 8.42 Å². The Morgan fingerprint density at radius 1 is 1.06 bits per heavy atom. The van der Waals surface area contributed by atoms with Crippen LogP contribution in [0.1, 0.15) is 24.0 Å². The van der Waals surface area contributed by atoms with E-state index in [4.69, 9.17) is 9.47 Å². The zero-order chi connectivity index (χ0) is 24.4. The molecule has 35 heavy (non-hydrogen) atoms. The first-order valence-corrected chi connectivity index (χ1v) is 13.8. The standard InChI is InChI=1S/C26H33N3O5S/c1-33-23-5-7-24(8-6-23)35(31,32)29-11-2-3-22(19-29)26(30)28-14-12-27(13-15-28)18-20-4-9-25-21(17-20)10-16-34-25/h4-9,17,22H,2-3,10-16,18-19H2,1H3/t22-/m1/s1. The highest BCUT2D eigenvalue weighted by atomic mass is 32.2. The van der Waals surface area contributed by atoms with Crippen LogP contribution in [-0.2, 0) is 27.8 Å². The van der Waals surface area contributed by atoms with Gasteiger partial charge in [-0.15, -0.1) is 0 Å². The molecule has 9 heteroatoms. The summed E-state index contributed by atoms with van der Waals surface area (Å²) >= 11 is 0. The van der Waals surface area contributed by atoms with Crippen molar-refractivity contribution in [3.63, 3.8) is 0 Å². The van der Waals surface area contributed by atoms with E-state index in [1.54, 1.807) is 31.4 Å². The van der Waals surface area contributed by atoms with Gasteiger partial charge in [0.15, 0.2) is 0 Å². The van der Waals surface area contributed by atoms with Crippen LogP contribution in [0.4, 0.5) is 0 Å². The maximum Gasteiger partial charge on any atom is 0.243 e. The highest BCUT2D eigenvalue weighted by Gasteiger charge is 2.36. The monoisotopic (exact) mass is 499 g/mol. The van der Waals surface area contributed by atoms with Gasteiger partial charge in [0.1, 0.15) is 11.5 Å². The van der Waals surface area contributed by atoms with Crippen LogP contribution in [-0.4, -0.2) is 81.4 Å². The van der Waals surface area contributed by atoms with E-state index >= 15 is 0 Å². The van der Waals surface area contributed by atoms with Crippen molar-refractivity contribution in [1.82, 2.24) is 14.1 Å². The number of methoxy groups -OCH3 is 1. The first-order valence-electron chi connectivity index (χ1n) is 12.3. The van der Waals surface area contributed by atoms with Crippen LogP contribution in [0.15, 0.2) is 47.4 Å². The fourth-order valence-electron chi connectivity index (χ4n) is 5.24. The van der Waals surface area contributed by atoms with Crippen LogP contribution in [0.25, 0.3) is 0 Å². The lowest BCUT2D eigenvalue weighted by Gasteiger charge is -2.38. The van der Waals surface area contributed by atoms with Gasteiger partial charge in [-0.3, -0.25) is 9.69 Å². The van der Waals surface area contributed by atoms with E-state index in [2.05, 4.69) is 23.1 Å². The van der Waals surface area contributed by atoms with Crippen LogP contribution in [0.3, 0.4) is 0 Å². The number of hydrogen-bond donors (Lipinski definition) is 0. The molecule has 5 rings (SSSR count). The van der Waals surface area contributed by atoms with E-state index in [0.29, 0.717) is 31.8 Å². The molecular weight excluding hydrogens is 466 g/mol. The van der Waals surface area contributed by atoms with Crippen LogP contribution >= 0.6 is 0 Å². The van der Waals surface area contributed by atoms with Crippen molar-refractivity contribution in [3.8, 4) is 11.5 Å². The molecule has 188 valence electrons. The molecule has 8 nitrogen and oxygen atoms in total. The molecule has 2 aromatic carbocycles. The molecule has 0 radical (unpaired) electrons. The minimum Gasteiger partial charge on any atom is -0.497 e. The van der Waals surface area contributed by atoms with Gasteiger partial charge in [0.2, 0.25) is 15.9 Å². The van der Waals surface area contributed by atoms with Crippen LogP contribution in [0, 0.1) is 5.92 Å². The van der Waals surface area contributed by atoms with Gasteiger partial charge < -0.3 is 14.4 Å². The molecule has 3 heterocycles. The van der Waals surface area contributed by atoms with E-state index < -0.39 is 10.0 Å². The van der Waals surface area contributed by atoms with Crippen molar-refractivity contribution in [2.24, 2.45) is 5.92 Å². The lowest BCUT2D eigenvalue weighted by Crippen LogP contribution is -2.52. The number of sulfonamides is 1. The normalized spacial score (nSPS) is 21.4. The smallest absolute Gasteiger partial charge is 0.243 e. The maximum absolute atomic E-state index is 13.3. The predicted molar refractivity (Wildman–Crippen MR) is 132 cm³/mol. The van der Waals surface area contributed by atoms with Crippen molar-refractivity contribution in [2.45, 2.75) is 30.7 Å². The van der Waals surface area contributed by atoms with Crippen molar-refractivity contribution in [2.75, 3.05) is 53.0 Å². The first-order chi connectivity index (χ1) is 16.9. The van der Waals surface area contributed by atoms with Crippen molar-refractivity contribution >= 4 is 15.9 Å². The third-order valence-corrected chi connectivity index (χ3v) is 9.15. The Morgan fingerprint density at radius 3 is 2.57 bits per heavy atom. The molecular formula is C26H33N3O5S. The average Bonchev–Trinajstić information content (AvgIpc) is 3.37. The zero-order valence-corrected chi connectivity index (χ0v) is 21.0. The summed E-state index contributed by atoms with van der Waals surface area (Å²) in [5.74, 6) is 1.40. The molecule has 0 bridgehead atoms. The van der Waals surface area contributed by atoms with Gasteiger partial charge in [-0.2, -0.15) is 4.31 Å². The zero-order valence-electron chi connectivity index (χ0n) is 20.2. The number of hydrogen-bond acceptors (Lipinski definition) is 6. The van der Waals surface area contributed by atoms with E-state index in [1.165, 1.54) is 15.4 Å². The lowest BCUT2D eigenvalue weighted by atomic mass is 9.97. The molecule has 0 spiro atoms. The number of fused-ring (bicyclic) bond motifs is 1. The third kappa shape index (κ3) is 5.17. The molecule has 1 atom stereocenters. The number of benzene rings is 2. The summed E-state index contributed by atoms with van der Waals surface area (Å²) in [5.41, 5.74) is 2.56. The molecule has 2 aromatic rings. The number of carbonyl (C=O) groups excluding carboxylic acids is 1. The van der Waals surface area contributed by atoms with Crippen LogP contribution in [0.2, 0.25) is 0 Å². The van der Waals surface area contributed by atoms with E-state index in [9.17, 15) is 13.2 Å². The van der Waals surface area contributed by atoms with Crippen molar-refractivity contribution in [1.29, 1.82) is 0 Å². The molecule has 0 N–H and O–H groups in total. The number of piperazine rings is 1. The van der Waals surface area contributed by atoms with Crippen molar-refractivity contribution in [3.05, 3.63) is 53.6 Å². The van der Waals surface area contributed by atoms with Gasteiger partial charge in [0.05, 0.1) is 24.5 Å². The molecule has 1 amide bonds. The topological polar surface area (TPSA) is 79.4 Å². The summed E-state index contributed by atoms with van der Waals surface area (Å²) in [6.07, 6.45) is 2.39. The summed E-state index contributed by atoms with van der Waals surface area (Å²) in [4.78, 5) is 17.8. The molecule has 0 aliphatic carbocycles. The number of carbonyl (C=O) groups is 1. The SMILES string of the molecule is COc1ccc(S(=O)(=O)N2CCC[C@@H](C(=O)N3CCN(Cc4ccc5c(c4)CCO5)CC3)C2)cc1. The molecule has 2 saturated heterocycles. The Balaban J connectivity index is 1.16. The quantitative estimate of drug-likeness (QED) is 0.607. The molecule has 2 fully saturated rings. The summed E-state index contributed by atoms with van der Waals surface area (Å²) in [6.45, 7) is 5.30. The number of piperidine rings is 1. The highest BCUT2D eigenvalue weighted by molar-refractivity contribution is 7.89. The second-order valence-electron chi connectivity index (χ2n) is 9.52. The Morgan fingerprint density at radius 2 is 1.83 bits per heavy atom. The number of amides is 1. The van der Waals surface area contributed by atoms with Gasteiger partial charge in [-0.1, -0.05) is 12.1 Å². The number of ether oxygens (including phenoxy) is 2. The molecule has 0 saturated carbocycles. The van der Waals surface area contributed by atoms with Gasteiger partial charge >= 0.3 is 0 Å². The largest absolute Gasteiger partial charge is 0.497 e. The van der Waals surface area contributed by atoms with Crippen molar-refractivity contribution < 1.29 is 22.7 Å². The van der Waals surface area contributed by atoms with Crippen LogP contribution in [0.5, 0.6) is 11.5 Å². The Labute approximate surface area is 207 Å².